The first kappa shape index (κ1) is 10.2. The van der Waals surface area contributed by atoms with Gasteiger partial charge < -0.3 is 9.55 Å². The normalized spacial score (nSPS) is 10.8. The van der Waals surface area contributed by atoms with Crippen molar-refractivity contribution in [1.29, 1.82) is 0 Å². The van der Waals surface area contributed by atoms with Gasteiger partial charge in [-0.05, 0) is 25.2 Å². The summed E-state index contributed by atoms with van der Waals surface area (Å²) in [6.45, 7) is 2.93. The second-order valence-electron chi connectivity index (χ2n) is 3.62. The summed E-state index contributed by atoms with van der Waals surface area (Å²) in [5.41, 5.74) is 2.26. The summed E-state index contributed by atoms with van der Waals surface area (Å²) in [5, 5.41) is 4.33. The van der Waals surface area contributed by atoms with Crippen LogP contribution in [0, 0.1) is 11.7 Å². The Labute approximate surface area is 93.6 Å². The molecule has 1 N–H and O–H groups in total. The van der Waals surface area contributed by atoms with Crippen molar-refractivity contribution in [1.82, 2.24) is 19.3 Å². The molecule has 0 saturated carbocycles. The number of hydrogen-bond acceptors (Lipinski definition) is 2. The maximum absolute atomic E-state index is 5.18. The number of nitrogens with zero attached hydrogens (tertiary/aromatic N) is 3. The molecule has 5 heteroatoms. The van der Waals surface area contributed by atoms with Crippen molar-refractivity contribution in [3.05, 3.63) is 34.6 Å². The number of H-pyrrole nitrogens is 1. The Hall–Kier alpha value is -1.36. The van der Waals surface area contributed by atoms with Crippen LogP contribution in [0.1, 0.15) is 11.4 Å². The predicted octanol–water partition coefficient (Wildman–Crippen LogP) is 1.83. The summed E-state index contributed by atoms with van der Waals surface area (Å²) in [4.78, 5) is 3.03. The highest BCUT2D eigenvalue weighted by Gasteiger charge is 2.01. The number of aryl methyl sites for hydroxylation is 3. The fourth-order valence-corrected chi connectivity index (χ4v) is 1.88. The second-order valence-corrected chi connectivity index (χ2v) is 4.00. The van der Waals surface area contributed by atoms with E-state index in [1.807, 2.05) is 37.1 Å². The number of rotatable bonds is 3. The molecule has 0 amide bonds. The van der Waals surface area contributed by atoms with E-state index in [9.17, 15) is 0 Å². The van der Waals surface area contributed by atoms with Crippen LogP contribution >= 0.6 is 12.2 Å². The monoisotopic (exact) mass is 222 g/mol. The van der Waals surface area contributed by atoms with E-state index in [1.165, 1.54) is 0 Å². The van der Waals surface area contributed by atoms with Crippen LogP contribution in [0.15, 0.2) is 18.5 Å². The molecule has 2 heterocycles. The van der Waals surface area contributed by atoms with Gasteiger partial charge in [-0.2, -0.15) is 5.10 Å². The Balaban J connectivity index is 2.08. The number of hydrogen-bond donors (Lipinski definition) is 1. The van der Waals surface area contributed by atoms with Gasteiger partial charge in [0.15, 0.2) is 4.77 Å². The van der Waals surface area contributed by atoms with Crippen LogP contribution in [0.5, 0.6) is 0 Å². The van der Waals surface area contributed by atoms with Crippen LogP contribution in [0.3, 0.4) is 0 Å². The van der Waals surface area contributed by atoms with Crippen LogP contribution < -0.4 is 0 Å². The summed E-state index contributed by atoms with van der Waals surface area (Å²) in [7, 11) is 1.93. The molecule has 0 spiro atoms. The Morgan fingerprint density at radius 3 is 2.87 bits per heavy atom. The van der Waals surface area contributed by atoms with Crippen molar-refractivity contribution in [2.75, 3.05) is 0 Å². The molecule has 0 fully saturated rings. The first-order valence-corrected chi connectivity index (χ1v) is 5.31. The zero-order valence-electron chi connectivity index (χ0n) is 8.90. The first-order chi connectivity index (χ1) is 7.16. The molecule has 0 atom stereocenters. The zero-order valence-corrected chi connectivity index (χ0v) is 9.71. The zero-order chi connectivity index (χ0) is 10.8. The molecule has 0 unspecified atom stereocenters. The molecule has 0 aliphatic rings. The molecular formula is C10H14N4S. The van der Waals surface area contributed by atoms with E-state index in [0.29, 0.717) is 0 Å². The van der Waals surface area contributed by atoms with Crippen molar-refractivity contribution in [3.8, 4) is 0 Å². The minimum Gasteiger partial charge on any atom is -0.337 e. The van der Waals surface area contributed by atoms with Gasteiger partial charge in [-0.3, -0.25) is 4.68 Å². The lowest BCUT2D eigenvalue weighted by Gasteiger charge is -2.02. The molecule has 0 aliphatic heterocycles. The third kappa shape index (κ3) is 2.18. The Morgan fingerprint density at radius 2 is 2.33 bits per heavy atom. The van der Waals surface area contributed by atoms with Crippen molar-refractivity contribution < 1.29 is 0 Å². The van der Waals surface area contributed by atoms with Crippen LogP contribution in [-0.2, 0) is 20.0 Å². The van der Waals surface area contributed by atoms with Crippen LogP contribution in [-0.4, -0.2) is 19.3 Å². The molecule has 2 aromatic rings. The van der Waals surface area contributed by atoms with Gasteiger partial charge in [0.2, 0.25) is 0 Å². The predicted molar refractivity (Wildman–Crippen MR) is 61.3 cm³/mol. The molecule has 0 bridgehead atoms. The van der Waals surface area contributed by atoms with Gasteiger partial charge in [-0.1, -0.05) is 0 Å². The smallest absolute Gasteiger partial charge is 0.177 e. The van der Waals surface area contributed by atoms with Crippen molar-refractivity contribution >= 4 is 12.2 Å². The third-order valence-electron chi connectivity index (χ3n) is 2.44. The van der Waals surface area contributed by atoms with Gasteiger partial charge in [0.1, 0.15) is 0 Å². The van der Waals surface area contributed by atoms with E-state index in [4.69, 9.17) is 12.2 Å². The van der Waals surface area contributed by atoms with Crippen LogP contribution in [0.25, 0.3) is 0 Å². The number of nitrogens with one attached hydrogen (secondary N) is 1. The summed E-state index contributed by atoms with van der Waals surface area (Å²) in [5.74, 6) is 0. The molecule has 2 aromatic heterocycles. The molecular weight excluding hydrogens is 208 g/mol. The van der Waals surface area contributed by atoms with E-state index in [-0.39, 0.29) is 0 Å². The molecule has 4 nitrogen and oxygen atoms in total. The van der Waals surface area contributed by atoms with Gasteiger partial charge in [0.25, 0.3) is 0 Å². The van der Waals surface area contributed by atoms with Crippen molar-refractivity contribution in [3.63, 3.8) is 0 Å². The lowest BCUT2D eigenvalue weighted by Crippen LogP contribution is -2.04. The van der Waals surface area contributed by atoms with Gasteiger partial charge in [-0.15, -0.1) is 0 Å². The maximum atomic E-state index is 5.18. The molecule has 0 aromatic carbocycles. The summed E-state index contributed by atoms with van der Waals surface area (Å²) < 4.78 is 4.69. The summed E-state index contributed by atoms with van der Waals surface area (Å²) in [6.07, 6.45) is 4.80. The minimum atomic E-state index is 0.781. The Bertz CT molecular complexity index is 505. The largest absolute Gasteiger partial charge is 0.337 e. The quantitative estimate of drug-likeness (QED) is 0.805. The highest BCUT2D eigenvalue weighted by molar-refractivity contribution is 7.71. The highest BCUT2D eigenvalue weighted by atomic mass is 32.1. The molecule has 0 aliphatic carbocycles. The van der Waals surface area contributed by atoms with E-state index in [0.717, 1.165) is 29.1 Å². The highest BCUT2D eigenvalue weighted by Crippen LogP contribution is 2.03. The molecule has 0 saturated heterocycles. The lowest BCUT2D eigenvalue weighted by molar-refractivity contribution is 0.645. The average Bonchev–Trinajstić information content (AvgIpc) is 2.73. The van der Waals surface area contributed by atoms with Crippen LogP contribution in [0.4, 0.5) is 0 Å². The Morgan fingerprint density at radius 1 is 1.53 bits per heavy atom. The maximum Gasteiger partial charge on any atom is 0.177 e. The molecule has 80 valence electrons. The van der Waals surface area contributed by atoms with Crippen molar-refractivity contribution in [2.45, 2.75) is 19.9 Å². The molecule has 0 radical (unpaired) electrons. The van der Waals surface area contributed by atoms with E-state index < -0.39 is 0 Å². The van der Waals surface area contributed by atoms with E-state index in [2.05, 4.69) is 14.6 Å². The van der Waals surface area contributed by atoms with Gasteiger partial charge >= 0.3 is 0 Å². The third-order valence-corrected chi connectivity index (χ3v) is 2.77. The van der Waals surface area contributed by atoms with Crippen LogP contribution in [0.2, 0.25) is 0 Å². The Kier molecular flexibility index (Phi) is 2.73. The molecule has 15 heavy (non-hydrogen) atoms. The standard InChI is InChI=1S/C10H14N4S/c1-8-7-11-10(15)14(8)6-4-9-3-5-13(2)12-9/h3,5,7H,4,6H2,1-2H3,(H,11,15). The van der Waals surface area contributed by atoms with Crippen molar-refractivity contribution in [2.24, 2.45) is 7.05 Å². The topological polar surface area (TPSA) is 38.5 Å². The fourth-order valence-electron chi connectivity index (χ4n) is 1.58. The summed E-state index contributed by atoms with van der Waals surface area (Å²) in [6, 6.07) is 2.03. The number of aromatic amines is 1. The minimum absolute atomic E-state index is 0.781. The van der Waals surface area contributed by atoms with Gasteiger partial charge in [0, 0.05) is 38.1 Å². The SMILES string of the molecule is Cc1c[nH]c(=S)n1CCc1ccn(C)n1. The van der Waals surface area contributed by atoms with Gasteiger partial charge in [-0.25, -0.2) is 0 Å². The summed E-state index contributed by atoms with van der Waals surface area (Å²) >= 11 is 5.18. The molecule has 2 rings (SSSR count). The number of aromatic nitrogens is 4. The first-order valence-electron chi connectivity index (χ1n) is 4.90. The van der Waals surface area contributed by atoms with Gasteiger partial charge in [0.05, 0.1) is 5.69 Å². The lowest BCUT2D eigenvalue weighted by atomic mass is 10.3. The second kappa shape index (κ2) is 4.02. The number of imidazole rings is 1. The van der Waals surface area contributed by atoms with E-state index >= 15 is 0 Å². The fraction of sp³-hybridized carbons (Fsp3) is 0.400. The average molecular weight is 222 g/mol. The van der Waals surface area contributed by atoms with E-state index in [1.54, 1.807) is 0 Å².